The van der Waals surface area contributed by atoms with Crippen LogP contribution in [-0.2, 0) is 16.0 Å². The number of carbonyl (C=O) groups is 2. The number of benzene rings is 2. The highest BCUT2D eigenvalue weighted by molar-refractivity contribution is 6.00. The first-order valence-corrected chi connectivity index (χ1v) is 8.16. The number of ketones is 1. The van der Waals surface area contributed by atoms with Crippen molar-refractivity contribution in [1.29, 1.82) is 0 Å². The minimum Gasteiger partial charge on any atom is -0.496 e. The van der Waals surface area contributed by atoms with Gasteiger partial charge in [-0.25, -0.2) is 4.39 Å². The number of aryl methyl sites for hydroxylation is 1. The number of aromatic amines is 1. The van der Waals surface area contributed by atoms with Crippen molar-refractivity contribution in [2.45, 2.75) is 12.8 Å². The van der Waals surface area contributed by atoms with Gasteiger partial charge < -0.3 is 14.5 Å². The monoisotopic (exact) mass is 355 g/mol. The van der Waals surface area contributed by atoms with E-state index in [-0.39, 0.29) is 17.7 Å². The first kappa shape index (κ1) is 17.7. The maximum Gasteiger partial charge on any atom is 0.306 e. The first-order valence-electron chi connectivity index (χ1n) is 8.16. The van der Waals surface area contributed by atoms with Crippen molar-refractivity contribution in [2.24, 2.45) is 0 Å². The van der Waals surface area contributed by atoms with E-state index in [2.05, 4.69) is 4.98 Å². The Labute approximate surface area is 149 Å². The lowest BCUT2D eigenvalue weighted by Gasteiger charge is -2.08. The molecule has 2 aromatic carbocycles. The Balaban J connectivity index is 1.56. The van der Waals surface area contributed by atoms with Gasteiger partial charge in [0.15, 0.2) is 6.61 Å². The van der Waals surface area contributed by atoms with Crippen molar-refractivity contribution in [3.8, 4) is 5.75 Å². The Bertz CT molecular complexity index is 948. The molecule has 0 aliphatic carbocycles. The zero-order valence-electron chi connectivity index (χ0n) is 14.3. The summed E-state index contributed by atoms with van der Waals surface area (Å²) in [5.41, 5.74) is 2.07. The van der Waals surface area contributed by atoms with Crippen molar-refractivity contribution in [2.75, 3.05) is 13.7 Å². The number of methoxy groups -OCH3 is 1. The van der Waals surface area contributed by atoms with Crippen LogP contribution < -0.4 is 4.74 Å². The highest BCUT2D eigenvalue weighted by Crippen LogP contribution is 2.21. The Morgan fingerprint density at radius 1 is 1.15 bits per heavy atom. The minimum atomic E-state index is -0.556. The summed E-state index contributed by atoms with van der Waals surface area (Å²) in [4.78, 5) is 27.2. The number of carbonyl (C=O) groups excluding carboxylic acids is 2. The summed E-state index contributed by atoms with van der Waals surface area (Å²) in [6.07, 6.45) is 2.51. The maximum absolute atomic E-state index is 13.3. The molecule has 0 amide bonds. The summed E-state index contributed by atoms with van der Waals surface area (Å²) in [5, 5.41) is 1.06. The van der Waals surface area contributed by atoms with E-state index >= 15 is 0 Å². The van der Waals surface area contributed by atoms with Crippen LogP contribution in [0.25, 0.3) is 10.9 Å². The molecule has 0 spiro atoms. The largest absolute Gasteiger partial charge is 0.496 e. The number of Topliss-reactive ketones (excluding diaryl/α,β-unsaturated/α-hetero) is 1. The molecule has 0 saturated carbocycles. The Morgan fingerprint density at radius 3 is 2.77 bits per heavy atom. The average Bonchev–Trinajstić information content (AvgIpc) is 3.07. The number of rotatable bonds is 7. The SMILES string of the molecule is COc1ccc(F)cc1C(=O)COC(=O)CCc1c[nH]c2ccccc12. The fraction of sp³-hybridized carbons (Fsp3) is 0.200. The lowest BCUT2D eigenvalue weighted by molar-refractivity contribution is -0.142. The van der Waals surface area contributed by atoms with Crippen LogP contribution in [0.1, 0.15) is 22.3 Å². The lowest BCUT2D eigenvalue weighted by Crippen LogP contribution is -2.15. The van der Waals surface area contributed by atoms with Crippen LogP contribution >= 0.6 is 0 Å². The second-order valence-corrected chi connectivity index (χ2v) is 5.79. The summed E-state index contributed by atoms with van der Waals surface area (Å²) in [6, 6.07) is 11.4. The van der Waals surface area contributed by atoms with E-state index in [0.29, 0.717) is 6.42 Å². The van der Waals surface area contributed by atoms with Crippen molar-refractivity contribution < 1.29 is 23.5 Å². The zero-order valence-corrected chi connectivity index (χ0v) is 14.3. The molecule has 0 aliphatic heterocycles. The second kappa shape index (κ2) is 7.82. The molecule has 0 bridgehead atoms. The smallest absolute Gasteiger partial charge is 0.306 e. The number of aromatic nitrogens is 1. The highest BCUT2D eigenvalue weighted by Gasteiger charge is 2.16. The predicted molar refractivity (Wildman–Crippen MR) is 94.9 cm³/mol. The zero-order chi connectivity index (χ0) is 18.5. The van der Waals surface area contributed by atoms with E-state index in [4.69, 9.17) is 9.47 Å². The second-order valence-electron chi connectivity index (χ2n) is 5.79. The highest BCUT2D eigenvalue weighted by atomic mass is 19.1. The fourth-order valence-corrected chi connectivity index (χ4v) is 2.77. The van der Waals surface area contributed by atoms with E-state index in [1.807, 2.05) is 30.5 Å². The van der Waals surface area contributed by atoms with Crippen molar-refractivity contribution >= 4 is 22.7 Å². The van der Waals surface area contributed by atoms with E-state index in [1.54, 1.807) is 0 Å². The van der Waals surface area contributed by atoms with Crippen LogP contribution in [0, 0.1) is 5.82 Å². The van der Waals surface area contributed by atoms with Gasteiger partial charge in [0.2, 0.25) is 5.78 Å². The first-order chi connectivity index (χ1) is 12.6. The average molecular weight is 355 g/mol. The third kappa shape index (κ3) is 3.91. The molecule has 0 saturated heterocycles. The van der Waals surface area contributed by atoms with E-state index < -0.39 is 24.2 Å². The van der Waals surface area contributed by atoms with E-state index in [9.17, 15) is 14.0 Å². The molecule has 0 atom stereocenters. The van der Waals surface area contributed by atoms with Gasteiger partial charge >= 0.3 is 5.97 Å². The van der Waals surface area contributed by atoms with Crippen LogP contribution in [0.2, 0.25) is 0 Å². The summed E-state index contributed by atoms with van der Waals surface area (Å²) in [6.45, 7) is -0.452. The molecule has 134 valence electrons. The molecule has 0 fully saturated rings. The van der Waals surface area contributed by atoms with Gasteiger partial charge in [-0.05, 0) is 36.2 Å². The molecule has 1 aromatic heterocycles. The summed E-state index contributed by atoms with van der Waals surface area (Å²) >= 11 is 0. The summed E-state index contributed by atoms with van der Waals surface area (Å²) in [5.74, 6) is -1.31. The minimum absolute atomic E-state index is 0.0527. The number of nitrogens with one attached hydrogen (secondary N) is 1. The van der Waals surface area contributed by atoms with Gasteiger partial charge in [-0.3, -0.25) is 9.59 Å². The van der Waals surface area contributed by atoms with Gasteiger partial charge in [0.1, 0.15) is 11.6 Å². The molecule has 3 rings (SSSR count). The number of ether oxygens (including phenoxy) is 2. The normalized spacial score (nSPS) is 10.7. The maximum atomic E-state index is 13.3. The third-order valence-corrected chi connectivity index (χ3v) is 4.10. The van der Waals surface area contributed by atoms with Gasteiger partial charge in [-0.1, -0.05) is 18.2 Å². The van der Waals surface area contributed by atoms with E-state index in [0.717, 1.165) is 22.5 Å². The van der Waals surface area contributed by atoms with Crippen LogP contribution in [0.15, 0.2) is 48.7 Å². The van der Waals surface area contributed by atoms with Gasteiger partial charge in [0.25, 0.3) is 0 Å². The molecular formula is C20H18FNO4. The van der Waals surface area contributed by atoms with Crippen LogP contribution in [-0.4, -0.2) is 30.5 Å². The number of hydrogen-bond donors (Lipinski definition) is 1. The van der Waals surface area contributed by atoms with Gasteiger partial charge in [0.05, 0.1) is 12.7 Å². The number of hydrogen-bond acceptors (Lipinski definition) is 4. The standard InChI is InChI=1S/C20H18FNO4/c1-25-19-8-7-14(21)10-16(19)18(23)12-26-20(24)9-6-13-11-22-17-5-3-2-4-15(13)17/h2-5,7-8,10-11,22H,6,9,12H2,1H3. The third-order valence-electron chi connectivity index (χ3n) is 4.10. The van der Waals surface area contributed by atoms with Crippen LogP contribution in [0.3, 0.4) is 0 Å². The molecule has 0 radical (unpaired) electrons. The number of H-pyrrole nitrogens is 1. The number of esters is 1. The predicted octanol–water partition coefficient (Wildman–Crippen LogP) is 3.67. The van der Waals surface area contributed by atoms with Gasteiger partial charge in [0, 0.05) is 23.5 Å². The van der Waals surface area contributed by atoms with Crippen LogP contribution in [0.5, 0.6) is 5.75 Å². The number of halogens is 1. The van der Waals surface area contributed by atoms with Gasteiger partial charge in [-0.15, -0.1) is 0 Å². The molecular weight excluding hydrogens is 337 g/mol. The summed E-state index contributed by atoms with van der Waals surface area (Å²) in [7, 11) is 1.39. The molecule has 0 unspecified atom stereocenters. The molecule has 1 heterocycles. The molecule has 0 aliphatic rings. The van der Waals surface area contributed by atoms with Crippen molar-refractivity contribution in [3.05, 3.63) is 65.6 Å². The fourth-order valence-electron chi connectivity index (χ4n) is 2.77. The molecule has 26 heavy (non-hydrogen) atoms. The Hall–Kier alpha value is -3.15. The lowest BCUT2D eigenvalue weighted by atomic mass is 10.1. The van der Waals surface area contributed by atoms with Crippen molar-refractivity contribution in [1.82, 2.24) is 4.98 Å². The molecule has 1 N–H and O–H groups in total. The van der Waals surface area contributed by atoms with Crippen LogP contribution in [0.4, 0.5) is 4.39 Å². The Kier molecular flexibility index (Phi) is 5.31. The number of para-hydroxylation sites is 1. The molecule has 6 heteroatoms. The molecule has 3 aromatic rings. The quantitative estimate of drug-likeness (QED) is 0.519. The van der Waals surface area contributed by atoms with Crippen molar-refractivity contribution in [3.63, 3.8) is 0 Å². The topological polar surface area (TPSA) is 68.4 Å². The molecule has 5 nitrogen and oxygen atoms in total. The summed E-state index contributed by atoms with van der Waals surface area (Å²) < 4.78 is 23.4. The van der Waals surface area contributed by atoms with E-state index in [1.165, 1.54) is 19.2 Å². The number of fused-ring (bicyclic) bond motifs is 1. The Morgan fingerprint density at radius 2 is 1.96 bits per heavy atom. The van der Waals surface area contributed by atoms with Gasteiger partial charge in [-0.2, -0.15) is 0 Å².